The standard InChI is InChI=1S/C12H7BrCl2OS/c1-6-3-2-4-7(10(6)14)11(16)9-5-8(13)12(15)17-9/h2-5H,1H3. The summed E-state index contributed by atoms with van der Waals surface area (Å²) in [6.45, 7) is 1.87. The number of carbonyl (C=O) groups excluding carboxylic acids is 1. The molecule has 0 fully saturated rings. The number of ketones is 1. The molecule has 0 atom stereocenters. The van der Waals surface area contributed by atoms with Crippen LogP contribution in [0.2, 0.25) is 9.36 Å². The average molecular weight is 350 g/mol. The molecule has 5 heteroatoms. The van der Waals surface area contributed by atoms with Gasteiger partial charge in [0.1, 0.15) is 4.34 Å². The van der Waals surface area contributed by atoms with Gasteiger partial charge < -0.3 is 0 Å². The monoisotopic (exact) mass is 348 g/mol. The number of hydrogen-bond acceptors (Lipinski definition) is 2. The fourth-order valence-corrected chi connectivity index (χ4v) is 3.28. The van der Waals surface area contributed by atoms with Crippen molar-refractivity contribution >= 4 is 56.3 Å². The van der Waals surface area contributed by atoms with E-state index < -0.39 is 0 Å². The summed E-state index contributed by atoms with van der Waals surface area (Å²) in [6, 6.07) is 7.13. The maximum Gasteiger partial charge on any atom is 0.204 e. The van der Waals surface area contributed by atoms with Crippen molar-refractivity contribution in [3.05, 3.63) is 54.1 Å². The van der Waals surface area contributed by atoms with Gasteiger partial charge in [0, 0.05) is 10.0 Å². The fourth-order valence-electron chi connectivity index (χ4n) is 1.41. The Balaban J connectivity index is 2.47. The second-order valence-corrected chi connectivity index (χ2v) is 6.38. The van der Waals surface area contributed by atoms with Gasteiger partial charge >= 0.3 is 0 Å². The molecule has 17 heavy (non-hydrogen) atoms. The molecule has 1 aromatic heterocycles. The third kappa shape index (κ3) is 2.58. The molecule has 0 saturated carbocycles. The first-order valence-electron chi connectivity index (χ1n) is 4.75. The molecule has 0 saturated heterocycles. The number of aryl methyl sites for hydroxylation is 1. The molecule has 1 heterocycles. The molecule has 0 unspecified atom stereocenters. The summed E-state index contributed by atoms with van der Waals surface area (Å²) in [7, 11) is 0. The first-order valence-corrected chi connectivity index (χ1v) is 7.12. The molecule has 1 aromatic carbocycles. The lowest BCUT2D eigenvalue weighted by Crippen LogP contribution is -2.00. The van der Waals surface area contributed by atoms with Crippen LogP contribution in [0.5, 0.6) is 0 Å². The molecule has 0 aliphatic heterocycles. The van der Waals surface area contributed by atoms with Crippen LogP contribution in [0.25, 0.3) is 0 Å². The van der Waals surface area contributed by atoms with Gasteiger partial charge in [-0.05, 0) is 40.5 Å². The lowest BCUT2D eigenvalue weighted by molar-refractivity contribution is 0.104. The number of hydrogen-bond donors (Lipinski definition) is 0. The van der Waals surface area contributed by atoms with Crippen molar-refractivity contribution in [3.63, 3.8) is 0 Å². The van der Waals surface area contributed by atoms with E-state index in [0.29, 0.717) is 19.8 Å². The zero-order valence-corrected chi connectivity index (χ0v) is 12.7. The number of thiophene rings is 1. The van der Waals surface area contributed by atoms with Gasteiger partial charge in [0.05, 0.1) is 9.90 Å². The zero-order valence-electron chi connectivity index (χ0n) is 8.76. The third-order valence-corrected chi connectivity index (χ3v) is 5.28. The Morgan fingerprint density at radius 1 is 1.35 bits per heavy atom. The molecule has 0 N–H and O–H groups in total. The van der Waals surface area contributed by atoms with Crippen molar-refractivity contribution in [1.29, 1.82) is 0 Å². The van der Waals surface area contributed by atoms with Crippen LogP contribution in [0, 0.1) is 6.92 Å². The van der Waals surface area contributed by atoms with E-state index in [1.807, 2.05) is 19.1 Å². The Morgan fingerprint density at radius 2 is 2.06 bits per heavy atom. The molecule has 0 bridgehead atoms. The van der Waals surface area contributed by atoms with E-state index in [1.54, 1.807) is 12.1 Å². The van der Waals surface area contributed by atoms with Crippen molar-refractivity contribution in [2.45, 2.75) is 6.92 Å². The predicted octanol–water partition coefficient (Wildman–Crippen LogP) is 5.36. The first kappa shape index (κ1) is 13.1. The average Bonchev–Trinajstić information content (AvgIpc) is 2.62. The van der Waals surface area contributed by atoms with Crippen molar-refractivity contribution in [3.8, 4) is 0 Å². The summed E-state index contributed by atoms with van der Waals surface area (Å²) >= 11 is 16.6. The summed E-state index contributed by atoms with van der Waals surface area (Å²) in [4.78, 5) is 12.8. The topological polar surface area (TPSA) is 17.1 Å². The van der Waals surface area contributed by atoms with Crippen LogP contribution >= 0.6 is 50.5 Å². The smallest absolute Gasteiger partial charge is 0.204 e. The molecule has 0 aliphatic rings. The number of rotatable bonds is 2. The molecular formula is C12H7BrCl2OS. The second kappa shape index (κ2) is 5.11. The molecule has 88 valence electrons. The largest absolute Gasteiger partial charge is 0.288 e. The Labute approximate surface area is 121 Å². The molecule has 1 nitrogen and oxygen atoms in total. The number of halogens is 3. The molecule has 0 radical (unpaired) electrons. The van der Waals surface area contributed by atoms with Gasteiger partial charge in [-0.2, -0.15) is 0 Å². The van der Waals surface area contributed by atoms with Crippen LogP contribution < -0.4 is 0 Å². The molecule has 2 aromatic rings. The van der Waals surface area contributed by atoms with E-state index >= 15 is 0 Å². The Morgan fingerprint density at radius 3 is 2.65 bits per heavy atom. The van der Waals surface area contributed by atoms with Gasteiger partial charge in [-0.3, -0.25) is 4.79 Å². The van der Waals surface area contributed by atoms with Crippen LogP contribution in [-0.2, 0) is 0 Å². The first-order chi connectivity index (χ1) is 8.00. The van der Waals surface area contributed by atoms with Crippen LogP contribution in [0.3, 0.4) is 0 Å². The van der Waals surface area contributed by atoms with Crippen LogP contribution in [0.4, 0.5) is 0 Å². The summed E-state index contributed by atoms with van der Waals surface area (Å²) in [5, 5.41) is 0.498. The zero-order chi connectivity index (χ0) is 12.6. The number of benzene rings is 1. The van der Waals surface area contributed by atoms with E-state index in [4.69, 9.17) is 23.2 Å². The molecule has 2 rings (SSSR count). The Hall–Kier alpha value is -0.350. The lowest BCUT2D eigenvalue weighted by Gasteiger charge is -2.03. The maximum atomic E-state index is 12.2. The van der Waals surface area contributed by atoms with Crippen molar-refractivity contribution < 1.29 is 4.79 Å². The van der Waals surface area contributed by atoms with Crippen LogP contribution in [0.15, 0.2) is 28.7 Å². The van der Waals surface area contributed by atoms with Crippen molar-refractivity contribution in [1.82, 2.24) is 0 Å². The summed E-state index contributed by atoms with van der Waals surface area (Å²) in [6.07, 6.45) is 0. The molecular weight excluding hydrogens is 343 g/mol. The molecule has 0 aliphatic carbocycles. The highest BCUT2D eigenvalue weighted by atomic mass is 79.9. The van der Waals surface area contributed by atoms with E-state index in [9.17, 15) is 4.79 Å². The fraction of sp³-hybridized carbons (Fsp3) is 0.0833. The highest BCUT2D eigenvalue weighted by molar-refractivity contribution is 9.10. The Bertz CT molecular complexity index is 573. The van der Waals surface area contributed by atoms with Gasteiger partial charge in [-0.25, -0.2) is 0 Å². The minimum Gasteiger partial charge on any atom is -0.288 e. The van der Waals surface area contributed by atoms with Gasteiger partial charge in [-0.1, -0.05) is 35.3 Å². The predicted molar refractivity (Wildman–Crippen MR) is 76.7 cm³/mol. The highest BCUT2D eigenvalue weighted by Gasteiger charge is 2.17. The van der Waals surface area contributed by atoms with Crippen LogP contribution in [-0.4, -0.2) is 5.78 Å². The lowest BCUT2D eigenvalue weighted by atomic mass is 10.1. The second-order valence-electron chi connectivity index (χ2n) is 3.50. The minimum atomic E-state index is -0.101. The van der Waals surface area contributed by atoms with Gasteiger partial charge in [0.2, 0.25) is 5.78 Å². The van der Waals surface area contributed by atoms with Gasteiger partial charge in [0.15, 0.2) is 0 Å². The molecule has 0 amide bonds. The summed E-state index contributed by atoms with van der Waals surface area (Å²) in [5.41, 5.74) is 1.40. The third-order valence-electron chi connectivity index (χ3n) is 2.31. The van der Waals surface area contributed by atoms with E-state index in [0.717, 1.165) is 10.0 Å². The summed E-state index contributed by atoms with van der Waals surface area (Å²) < 4.78 is 1.30. The van der Waals surface area contributed by atoms with E-state index in [-0.39, 0.29) is 5.78 Å². The van der Waals surface area contributed by atoms with Crippen molar-refractivity contribution in [2.24, 2.45) is 0 Å². The SMILES string of the molecule is Cc1cccc(C(=O)c2cc(Br)c(Cl)s2)c1Cl. The highest BCUT2D eigenvalue weighted by Crippen LogP contribution is 2.34. The summed E-state index contributed by atoms with van der Waals surface area (Å²) in [5.74, 6) is -0.101. The van der Waals surface area contributed by atoms with Crippen molar-refractivity contribution in [2.75, 3.05) is 0 Å². The quantitative estimate of drug-likeness (QED) is 0.667. The Kier molecular flexibility index (Phi) is 3.93. The van der Waals surface area contributed by atoms with E-state index in [2.05, 4.69) is 15.9 Å². The maximum absolute atomic E-state index is 12.2. The van der Waals surface area contributed by atoms with Crippen LogP contribution in [0.1, 0.15) is 20.8 Å². The van der Waals surface area contributed by atoms with Gasteiger partial charge in [0.25, 0.3) is 0 Å². The van der Waals surface area contributed by atoms with E-state index in [1.165, 1.54) is 11.3 Å². The number of carbonyl (C=O) groups is 1. The van der Waals surface area contributed by atoms with Gasteiger partial charge in [-0.15, -0.1) is 11.3 Å². The normalized spacial score (nSPS) is 10.6. The minimum absolute atomic E-state index is 0.101. The molecule has 0 spiro atoms.